The van der Waals surface area contributed by atoms with E-state index >= 15 is 0 Å². The highest BCUT2D eigenvalue weighted by Gasteiger charge is 2.19. The number of rotatable bonds is 6. The molecule has 6 nitrogen and oxygen atoms in total. The summed E-state index contributed by atoms with van der Waals surface area (Å²) >= 11 is 0. The fourth-order valence-electron chi connectivity index (χ4n) is 4.49. The Morgan fingerprint density at radius 3 is 2.33 bits per heavy atom. The van der Waals surface area contributed by atoms with E-state index in [1.54, 1.807) is 19.5 Å². The van der Waals surface area contributed by atoms with Gasteiger partial charge in [-0.2, -0.15) is 0 Å². The van der Waals surface area contributed by atoms with Crippen molar-refractivity contribution in [2.75, 3.05) is 12.4 Å². The number of methoxy groups -OCH3 is 1. The summed E-state index contributed by atoms with van der Waals surface area (Å²) in [5, 5.41) is 4.21. The number of aryl methyl sites for hydroxylation is 1. The second kappa shape index (κ2) is 9.66. The van der Waals surface area contributed by atoms with Crippen LogP contribution in [0.2, 0.25) is 0 Å². The van der Waals surface area contributed by atoms with E-state index in [1.165, 1.54) is 0 Å². The summed E-state index contributed by atoms with van der Waals surface area (Å²) in [7, 11) is 1.54. The molecule has 1 unspecified atom stereocenters. The minimum absolute atomic E-state index is 0.0111. The largest absolute Gasteiger partial charge is 0.467 e. The number of hydrogen-bond donors (Lipinski definition) is 1. The summed E-state index contributed by atoms with van der Waals surface area (Å²) in [5.74, 6) is 0.598. The number of para-hydroxylation sites is 1. The number of fused-ring (bicyclic) bond motifs is 1. The molecule has 5 aromatic rings. The summed E-state index contributed by atoms with van der Waals surface area (Å²) in [6.45, 7) is 5.89. The standard InChI is InChI=1S/C30H27N3O3/c1-18-14-24(29-25(15-18)27(34)19(2)28(36-29)21-10-6-5-7-11-21)20(3)33-26-13-9-8-12-23(26)22-16-31-30(35-4)32-17-22/h5-17,20,33H,1-4H3. The predicted octanol–water partition coefficient (Wildman–Crippen LogP) is 6.72. The van der Waals surface area contributed by atoms with Crippen molar-refractivity contribution in [3.8, 4) is 28.5 Å². The van der Waals surface area contributed by atoms with Crippen LogP contribution in [0.25, 0.3) is 33.4 Å². The highest BCUT2D eigenvalue weighted by Crippen LogP contribution is 2.34. The molecule has 1 N–H and O–H groups in total. The maximum absolute atomic E-state index is 13.4. The smallest absolute Gasteiger partial charge is 0.316 e. The van der Waals surface area contributed by atoms with Crippen molar-refractivity contribution in [1.29, 1.82) is 0 Å². The molecule has 1 atom stereocenters. The first-order valence-corrected chi connectivity index (χ1v) is 11.8. The number of anilines is 1. The molecule has 0 saturated heterocycles. The minimum atomic E-state index is -0.151. The topological polar surface area (TPSA) is 77.2 Å². The molecule has 6 heteroatoms. The lowest BCUT2D eigenvalue weighted by Crippen LogP contribution is -2.12. The second-order valence-electron chi connectivity index (χ2n) is 8.85. The van der Waals surface area contributed by atoms with Crippen molar-refractivity contribution in [2.45, 2.75) is 26.8 Å². The molecule has 36 heavy (non-hydrogen) atoms. The SMILES string of the molecule is COc1ncc(-c2ccccc2NC(C)c2cc(C)cc3c(=O)c(C)c(-c4ccccc4)oc23)cn1. The first-order valence-electron chi connectivity index (χ1n) is 11.8. The highest BCUT2D eigenvalue weighted by atomic mass is 16.5. The quantitative estimate of drug-likeness (QED) is 0.293. The first kappa shape index (κ1) is 23.3. The van der Waals surface area contributed by atoms with Crippen molar-refractivity contribution in [3.63, 3.8) is 0 Å². The molecule has 2 aromatic heterocycles. The van der Waals surface area contributed by atoms with E-state index in [-0.39, 0.29) is 11.5 Å². The van der Waals surface area contributed by atoms with Gasteiger partial charge in [-0.15, -0.1) is 0 Å². The lowest BCUT2D eigenvalue weighted by atomic mass is 9.98. The van der Waals surface area contributed by atoms with Gasteiger partial charge in [-0.1, -0.05) is 54.6 Å². The Morgan fingerprint density at radius 1 is 0.917 bits per heavy atom. The molecule has 0 aliphatic carbocycles. The van der Waals surface area contributed by atoms with Gasteiger partial charge in [-0.05, 0) is 38.5 Å². The van der Waals surface area contributed by atoms with Crippen molar-refractivity contribution in [2.24, 2.45) is 0 Å². The van der Waals surface area contributed by atoms with Crippen LogP contribution in [-0.2, 0) is 0 Å². The number of hydrogen-bond acceptors (Lipinski definition) is 6. The molecule has 0 aliphatic rings. The summed E-state index contributed by atoms with van der Waals surface area (Å²) < 4.78 is 11.6. The number of nitrogens with one attached hydrogen (secondary N) is 1. The van der Waals surface area contributed by atoms with Crippen LogP contribution in [0.1, 0.15) is 29.7 Å². The lowest BCUT2D eigenvalue weighted by molar-refractivity contribution is 0.380. The van der Waals surface area contributed by atoms with Gasteiger partial charge in [-0.25, -0.2) is 9.97 Å². The maximum Gasteiger partial charge on any atom is 0.316 e. The van der Waals surface area contributed by atoms with Gasteiger partial charge in [0.05, 0.1) is 18.5 Å². The molecule has 3 aromatic carbocycles. The molecule has 0 spiro atoms. The zero-order valence-electron chi connectivity index (χ0n) is 20.7. The van der Waals surface area contributed by atoms with E-state index in [4.69, 9.17) is 9.15 Å². The summed E-state index contributed by atoms with van der Waals surface area (Å²) in [6, 6.07) is 21.9. The molecule has 0 saturated carbocycles. The second-order valence-corrected chi connectivity index (χ2v) is 8.85. The fraction of sp³-hybridized carbons (Fsp3) is 0.167. The summed E-state index contributed by atoms with van der Waals surface area (Å²) in [4.78, 5) is 21.9. The predicted molar refractivity (Wildman–Crippen MR) is 143 cm³/mol. The summed E-state index contributed by atoms with van der Waals surface area (Å²) in [6.07, 6.45) is 3.49. The Hall–Kier alpha value is -4.45. The molecule has 0 amide bonds. The van der Waals surface area contributed by atoms with Gasteiger partial charge in [0.1, 0.15) is 11.3 Å². The molecule has 0 bridgehead atoms. The van der Waals surface area contributed by atoms with E-state index in [0.29, 0.717) is 28.3 Å². The van der Waals surface area contributed by atoms with Gasteiger partial charge in [0, 0.05) is 45.9 Å². The van der Waals surface area contributed by atoms with E-state index in [9.17, 15) is 4.79 Å². The van der Waals surface area contributed by atoms with Crippen LogP contribution in [0.5, 0.6) is 6.01 Å². The van der Waals surface area contributed by atoms with Crippen LogP contribution in [0.4, 0.5) is 5.69 Å². The van der Waals surface area contributed by atoms with Crippen LogP contribution >= 0.6 is 0 Å². The van der Waals surface area contributed by atoms with Gasteiger partial charge in [0.25, 0.3) is 0 Å². The third kappa shape index (κ3) is 4.33. The Bertz CT molecular complexity index is 1590. The van der Waals surface area contributed by atoms with Gasteiger partial charge >= 0.3 is 6.01 Å². The molecule has 180 valence electrons. The number of nitrogens with zero attached hydrogens (tertiary/aromatic N) is 2. The highest BCUT2D eigenvalue weighted by molar-refractivity contribution is 5.85. The maximum atomic E-state index is 13.4. The van der Waals surface area contributed by atoms with Crippen molar-refractivity contribution in [3.05, 3.63) is 106 Å². The number of aromatic nitrogens is 2. The molecule has 0 radical (unpaired) electrons. The van der Waals surface area contributed by atoms with Crippen LogP contribution in [0, 0.1) is 13.8 Å². The zero-order chi connectivity index (χ0) is 25.2. The van der Waals surface area contributed by atoms with E-state index in [1.807, 2.05) is 74.5 Å². The molecule has 2 heterocycles. The van der Waals surface area contributed by atoms with E-state index < -0.39 is 0 Å². The summed E-state index contributed by atoms with van der Waals surface area (Å²) in [5.41, 5.74) is 6.75. The Balaban J connectivity index is 1.60. The van der Waals surface area contributed by atoms with Gasteiger partial charge in [0.2, 0.25) is 0 Å². The normalized spacial score (nSPS) is 11.9. The van der Waals surface area contributed by atoms with E-state index in [0.717, 1.165) is 33.5 Å². The van der Waals surface area contributed by atoms with Crippen LogP contribution in [0.15, 0.2) is 88.3 Å². The Labute approximate surface area is 209 Å². The van der Waals surface area contributed by atoms with Gasteiger partial charge in [0.15, 0.2) is 5.43 Å². The molecular formula is C30H27N3O3. The fourth-order valence-corrected chi connectivity index (χ4v) is 4.49. The Kier molecular flexibility index (Phi) is 6.25. The van der Waals surface area contributed by atoms with Crippen LogP contribution < -0.4 is 15.5 Å². The van der Waals surface area contributed by atoms with Crippen molar-refractivity contribution >= 4 is 16.7 Å². The van der Waals surface area contributed by atoms with Crippen molar-refractivity contribution < 1.29 is 9.15 Å². The minimum Gasteiger partial charge on any atom is -0.467 e. The molecular weight excluding hydrogens is 450 g/mol. The lowest BCUT2D eigenvalue weighted by Gasteiger charge is -2.20. The van der Waals surface area contributed by atoms with Crippen LogP contribution in [-0.4, -0.2) is 17.1 Å². The average Bonchev–Trinajstić information content (AvgIpc) is 2.91. The van der Waals surface area contributed by atoms with Gasteiger partial charge in [-0.3, -0.25) is 4.79 Å². The van der Waals surface area contributed by atoms with E-state index in [2.05, 4.69) is 28.3 Å². The third-order valence-electron chi connectivity index (χ3n) is 6.32. The first-order chi connectivity index (χ1) is 17.5. The van der Waals surface area contributed by atoms with Crippen molar-refractivity contribution in [1.82, 2.24) is 9.97 Å². The Morgan fingerprint density at radius 2 is 1.61 bits per heavy atom. The zero-order valence-corrected chi connectivity index (χ0v) is 20.7. The number of ether oxygens (including phenoxy) is 1. The average molecular weight is 478 g/mol. The molecule has 0 aliphatic heterocycles. The molecule has 0 fully saturated rings. The van der Waals surface area contributed by atoms with Gasteiger partial charge < -0.3 is 14.5 Å². The van der Waals surface area contributed by atoms with Crippen LogP contribution in [0.3, 0.4) is 0 Å². The third-order valence-corrected chi connectivity index (χ3v) is 6.32. The monoisotopic (exact) mass is 477 g/mol. The molecule has 5 rings (SSSR count). The number of benzene rings is 3.